The van der Waals surface area contributed by atoms with Gasteiger partial charge in [-0.2, -0.15) is 0 Å². The van der Waals surface area contributed by atoms with Crippen molar-refractivity contribution in [2.45, 2.75) is 12.8 Å². The number of hydrogen-bond donors (Lipinski definition) is 0. The molecule has 1 rings (SSSR count). The molecule has 0 aromatic rings. The monoisotopic (exact) mass is 262 g/mol. The van der Waals surface area contributed by atoms with E-state index in [0.29, 0.717) is 0 Å². The van der Waals surface area contributed by atoms with Gasteiger partial charge in [-0.1, -0.05) is 0 Å². The third-order valence-corrected chi connectivity index (χ3v) is 2.72. The van der Waals surface area contributed by atoms with E-state index in [1.54, 1.807) is 0 Å². The van der Waals surface area contributed by atoms with Crippen LogP contribution in [0, 0.1) is 0 Å². The van der Waals surface area contributed by atoms with Crippen LogP contribution >= 0.6 is 36.4 Å². The molecule has 0 saturated carbocycles. The van der Waals surface area contributed by atoms with Crippen LogP contribution in [-0.2, 0) is 0 Å². The lowest BCUT2D eigenvalue weighted by Crippen LogP contribution is -2.44. The summed E-state index contributed by atoms with van der Waals surface area (Å²) < 4.78 is 0. The standard InChI is InChI=1S/C9H19ClN2.2ClH/c1-11-6-8-12(9-7-11)5-3-2-4-10;;/h2-9H2,1H3;2*1H. The van der Waals surface area contributed by atoms with Crippen molar-refractivity contribution >= 4 is 36.4 Å². The van der Waals surface area contributed by atoms with E-state index in [-0.39, 0.29) is 24.8 Å². The Labute approximate surface area is 105 Å². The highest BCUT2D eigenvalue weighted by Gasteiger charge is 2.12. The zero-order valence-corrected chi connectivity index (χ0v) is 11.1. The summed E-state index contributed by atoms with van der Waals surface area (Å²) in [6.07, 6.45) is 2.42. The zero-order valence-electron chi connectivity index (χ0n) is 8.75. The molecule has 88 valence electrons. The van der Waals surface area contributed by atoms with Crippen molar-refractivity contribution in [3.05, 3.63) is 0 Å². The van der Waals surface area contributed by atoms with Crippen molar-refractivity contribution < 1.29 is 0 Å². The minimum atomic E-state index is 0. The fourth-order valence-corrected chi connectivity index (χ4v) is 1.69. The molecule has 0 radical (unpaired) electrons. The molecule has 1 fully saturated rings. The van der Waals surface area contributed by atoms with Gasteiger partial charge in [-0.15, -0.1) is 36.4 Å². The number of hydrogen-bond acceptors (Lipinski definition) is 2. The molecular weight excluding hydrogens is 242 g/mol. The summed E-state index contributed by atoms with van der Waals surface area (Å²) in [7, 11) is 2.19. The molecule has 5 heteroatoms. The first-order valence-corrected chi connectivity index (χ1v) is 5.33. The van der Waals surface area contributed by atoms with E-state index in [0.717, 1.165) is 12.3 Å². The van der Waals surface area contributed by atoms with Crippen molar-refractivity contribution in [2.24, 2.45) is 0 Å². The molecule has 0 aromatic heterocycles. The fraction of sp³-hybridized carbons (Fsp3) is 1.00. The van der Waals surface area contributed by atoms with E-state index in [4.69, 9.17) is 11.6 Å². The maximum absolute atomic E-state index is 5.62. The van der Waals surface area contributed by atoms with Gasteiger partial charge in [-0.3, -0.25) is 0 Å². The van der Waals surface area contributed by atoms with Gasteiger partial charge in [-0.25, -0.2) is 0 Å². The van der Waals surface area contributed by atoms with Crippen LogP contribution < -0.4 is 0 Å². The van der Waals surface area contributed by atoms with Gasteiger partial charge in [0.15, 0.2) is 0 Å². The normalized spacial score (nSPS) is 18.4. The molecular formula is C9H21Cl3N2. The molecule has 0 aromatic carbocycles. The van der Waals surface area contributed by atoms with Gasteiger partial charge in [0.25, 0.3) is 0 Å². The Bertz CT molecular complexity index is 117. The summed E-state index contributed by atoms with van der Waals surface area (Å²) in [5, 5.41) is 0. The number of rotatable bonds is 4. The molecule has 1 saturated heterocycles. The predicted molar refractivity (Wildman–Crippen MR) is 68.4 cm³/mol. The van der Waals surface area contributed by atoms with Gasteiger partial charge in [0, 0.05) is 32.1 Å². The van der Waals surface area contributed by atoms with Gasteiger partial charge in [-0.05, 0) is 26.4 Å². The number of halogens is 3. The van der Waals surface area contributed by atoms with E-state index in [9.17, 15) is 0 Å². The Morgan fingerprint density at radius 2 is 1.57 bits per heavy atom. The van der Waals surface area contributed by atoms with E-state index < -0.39 is 0 Å². The average molecular weight is 264 g/mol. The molecule has 1 aliphatic rings. The topological polar surface area (TPSA) is 6.48 Å². The molecule has 0 aliphatic carbocycles. The van der Waals surface area contributed by atoms with E-state index in [1.165, 1.54) is 39.1 Å². The second-order valence-corrected chi connectivity index (χ2v) is 3.92. The Hall–Kier alpha value is 0.790. The van der Waals surface area contributed by atoms with Gasteiger partial charge in [0.05, 0.1) is 0 Å². The quantitative estimate of drug-likeness (QED) is 0.566. The van der Waals surface area contributed by atoms with Crippen LogP contribution in [0.25, 0.3) is 0 Å². The lowest BCUT2D eigenvalue weighted by Gasteiger charge is -2.32. The first kappa shape index (κ1) is 17.2. The van der Waals surface area contributed by atoms with Gasteiger partial charge in [0.1, 0.15) is 0 Å². The van der Waals surface area contributed by atoms with Crippen molar-refractivity contribution in [3.8, 4) is 0 Å². The van der Waals surface area contributed by atoms with Gasteiger partial charge in [0.2, 0.25) is 0 Å². The summed E-state index contributed by atoms with van der Waals surface area (Å²) >= 11 is 5.62. The maximum atomic E-state index is 5.62. The number of unbranched alkanes of at least 4 members (excludes halogenated alkanes) is 1. The third kappa shape index (κ3) is 7.13. The van der Waals surface area contributed by atoms with Crippen molar-refractivity contribution in [2.75, 3.05) is 45.7 Å². The summed E-state index contributed by atoms with van der Waals surface area (Å²) in [6, 6.07) is 0. The highest BCUT2D eigenvalue weighted by molar-refractivity contribution is 6.17. The molecule has 0 spiro atoms. The fourth-order valence-electron chi connectivity index (χ4n) is 1.50. The minimum absolute atomic E-state index is 0. The van der Waals surface area contributed by atoms with Crippen molar-refractivity contribution in [1.29, 1.82) is 0 Å². The molecule has 0 amide bonds. The summed E-state index contributed by atoms with van der Waals surface area (Å²) in [4.78, 5) is 4.92. The van der Waals surface area contributed by atoms with Crippen LogP contribution in [0.15, 0.2) is 0 Å². The number of nitrogens with zero attached hydrogens (tertiary/aromatic N) is 2. The summed E-state index contributed by atoms with van der Waals surface area (Å²) in [5.74, 6) is 0.813. The number of likely N-dealkylation sites (N-methyl/N-ethyl adjacent to an activating group) is 1. The Morgan fingerprint density at radius 3 is 2.07 bits per heavy atom. The van der Waals surface area contributed by atoms with E-state index in [2.05, 4.69) is 16.8 Å². The summed E-state index contributed by atoms with van der Waals surface area (Å²) in [6.45, 7) is 6.15. The van der Waals surface area contributed by atoms with Crippen LogP contribution in [-0.4, -0.2) is 55.5 Å². The highest BCUT2D eigenvalue weighted by atomic mass is 35.5. The lowest BCUT2D eigenvalue weighted by atomic mass is 10.2. The molecule has 0 atom stereocenters. The molecule has 0 unspecified atom stereocenters. The molecule has 0 N–H and O–H groups in total. The minimum Gasteiger partial charge on any atom is -0.304 e. The first-order valence-electron chi connectivity index (χ1n) is 4.80. The Morgan fingerprint density at radius 1 is 1.00 bits per heavy atom. The second kappa shape index (κ2) is 10.3. The van der Waals surface area contributed by atoms with Crippen molar-refractivity contribution in [1.82, 2.24) is 9.80 Å². The van der Waals surface area contributed by atoms with Crippen LogP contribution in [0.1, 0.15) is 12.8 Å². The number of alkyl halides is 1. The Kier molecular flexibility index (Phi) is 12.7. The summed E-state index contributed by atoms with van der Waals surface area (Å²) in [5.41, 5.74) is 0. The van der Waals surface area contributed by atoms with Crippen LogP contribution in [0.4, 0.5) is 0 Å². The van der Waals surface area contributed by atoms with Crippen LogP contribution in [0.3, 0.4) is 0 Å². The molecule has 2 nitrogen and oxygen atoms in total. The van der Waals surface area contributed by atoms with Crippen LogP contribution in [0.2, 0.25) is 0 Å². The highest BCUT2D eigenvalue weighted by Crippen LogP contribution is 2.01. The largest absolute Gasteiger partial charge is 0.304 e. The zero-order chi connectivity index (χ0) is 8.81. The average Bonchev–Trinajstić information content (AvgIpc) is 2.09. The number of piperazine rings is 1. The Balaban J connectivity index is 0. The van der Waals surface area contributed by atoms with Crippen LogP contribution in [0.5, 0.6) is 0 Å². The molecule has 0 bridgehead atoms. The maximum Gasteiger partial charge on any atom is 0.0223 e. The molecule has 1 aliphatic heterocycles. The van der Waals surface area contributed by atoms with Crippen molar-refractivity contribution in [3.63, 3.8) is 0 Å². The SMILES string of the molecule is CN1CCN(CCCCCl)CC1.Cl.Cl. The second-order valence-electron chi connectivity index (χ2n) is 3.54. The molecule has 14 heavy (non-hydrogen) atoms. The molecule has 1 heterocycles. The third-order valence-electron chi connectivity index (χ3n) is 2.45. The lowest BCUT2D eigenvalue weighted by molar-refractivity contribution is 0.152. The van der Waals surface area contributed by atoms with E-state index >= 15 is 0 Å². The van der Waals surface area contributed by atoms with E-state index in [1.807, 2.05) is 0 Å². The van der Waals surface area contributed by atoms with Gasteiger partial charge < -0.3 is 9.80 Å². The van der Waals surface area contributed by atoms with Gasteiger partial charge >= 0.3 is 0 Å². The predicted octanol–water partition coefficient (Wildman–Crippen LogP) is 2.10. The smallest absolute Gasteiger partial charge is 0.0223 e. The first-order chi connectivity index (χ1) is 5.83.